The van der Waals surface area contributed by atoms with Crippen LogP contribution in [0, 0.1) is 11.6 Å². The maximum absolute atomic E-state index is 14.5. The molecule has 1 aliphatic heterocycles. The van der Waals surface area contributed by atoms with Crippen LogP contribution >= 0.6 is 0 Å². The summed E-state index contributed by atoms with van der Waals surface area (Å²) < 4.78 is 28.3. The third-order valence-electron chi connectivity index (χ3n) is 6.53. The van der Waals surface area contributed by atoms with Crippen LogP contribution in [0.3, 0.4) is 0 Å². The number of nitrogens with zero attached hydrogens (tertiary/aromatic N) is 3. The standard InChI is InChI=1S/C23H25F2N5O2/c24-14-3-8-19(25)17(11-14)20-2-1-9-30(20)22-18-10-13(12-26-21(18)28-29-22)23(32)27-15-4-6-16(31)7-5-15/h3,8,10-12,15-16,20,31H,1-2,4-7,9H2,(H,27,32)(H,26,28,29)/t15-,16+,20-/m1/s1. The molecule has 3 N–H and O–H groups in total. The summed E-state index contributed by atoms with van der Waals surface area (Å²) in [6.07, 6.45) is 5.56. The average Bonchev–Trinajstić information content (AvgIpc) is 3.43. The largest absolute Gasteiger partial charge is 0.393 e. The number of anilines is 1. The first-order chi connectivity index (χ1) is 15.5. The number of benzene rings is 1. The summed E-state index contributed by atoms with van der Waals surface area (Å²) in [6.45, 7) is 0.640. The molecule has 0 radical (unpaired) electrons. The fourth-order valence-corrected chi connectivity index (χ4v) is 4.84. The molecule has 168 valence electrons. The van der Waals surface area contributed by atoms with Crippen molar-refractivity contribution >= 4 is 22.8 Å². The van der Waals surface area contributed by atoms with Gasteiger partial charge in [0.2, 0.25) is 0 Å². The van der Waals surface area contributed by atoms with E-state index in [0.29, 0.717) is 53.8 Å². The number of nitrogens with one attached hydrogen (secondary N) is 2. The van der Waals surface area contributed by atoms with E-state index in [1.54, 1.807) is 6.07 Å². The average molecular weight is 441 g/mol. The number of aliphatic hydroxyl groups excluding tert-OH is 1. The van der Waals surface area contributed by atoms with Gasteiger partial charge in [-0.2, -0.15) is 5.10 Å². The third kappa shape index (κ3) is 3.92. The second-order valence-corrected chi connectivity index (χ2v) is 8.66. The number of aliphatic hydroxyl groups is 1. The lowest BCUT2D eigenvalue weighted by molar-refractivity contribution is 0.0867. The van der Waals surface area contributed by atoms with Crippen LogP contribution in [0.2, 0.25) is 0 Å². The van der Waals surface area contributed by atoms with E-state index in [1.807, 2.05) is 4.90 Å². The number of hydrogen-bond acceptors (Lipinski definition) is 5. The summed E-state index contributed by atoms with van der Waals surface area (Å²) in [4.78, 5) is 19.1. The second-order valence-electron chi connectivity index (χ2n) is 8.66. The molecule has 3 aromatic rings. The molecule has 7 nitrogen and oxygen atoms in total. The molecule has 2 aromatic heterocycles. The molecule has 32 heavy (non-hydrogen) atoms. The maximum atomic E-state index is 14.5. The van der Waals surface area contributed by atoms with E-state index >= 15 is 0 Å². The van der Waals surface area contributed by atoms with E-state index in [-0.39, 0.29) is 24.1 Å². The number of H-pyrrole nitrogens is 1. The van der Waals surface area contributed by atoms with Gasteiger partial charge in [0, 0.05) is 24.3 Å². The van der Waals surface area contributed by atoms with Crippen molar-refractivity contribution in [1.82, 2.24) is 20.5 Å². The van der Waals surface area contributed by atoms with Gasteiger partial charge in [0.15, 0.2) is 11.5 Å². The normalized spacial score (nSPS) is 23.6. The number of hydrogen-bond donors (Lipinski definition) is 3. The number of carbonyl (C=O) groups is 1. The molecule has 1 aliphatic carbocycles. The van der Waals surface area contributed by atoms with Crippen molar-refractivity contribution in [1.29, 1.82) is 0 Å². The van der Waals surface area contributed by atoms with Gasteiger partial charge >= 0.3 is 0 Å². The molecule has 0 spiro atoms. The number of fused-ring (bicyclic) bond motifs is 1. The number of carbonyl (C=O) groups excluding carboxylic acids is 1. The first-order valence-corrected chi connectivity index (χ1v) is 11.0. The lowest BCUT2D eigenvalue weighted by Gasteiger charge is -2.26. The van der Waals surface area contributed by atoms with E-state index < -0.39 is 11.6 Å². The molecule has 9 heteroatoms. The Morgan fingerprint density at radius 3 is 2.78 bits per heavy atom. The molecule has 0 bridgehead atoms. The van der Waals surface area contributed by atoms with Crippen molar-refractivity contribution in [2.75, 3.05) is 11.4 Å². The fourth-order valence-electron chi connectivity index (χ4n) is 4.84. The Balaban J connectivity index is 1.42. The highest BCUT2D eigenvalue weighted by Crippen LogP contribution is 2.39. The minimum absolute atomic E-state index is 0.0318. The van der Waals surface area contributed by atoms with Crippen LogP contribution in [0.4, 0.5) is 14.6 Å². The molecular formula is C23H25F2N5O2. The highest BCUT2D eigenvalue weighted by Gasteiger charge is 2.31. The van der Waals surface area contributed by atoms with E-state index in [4.69, 9.17) is 0 Å². The van der Waals surface area contributed by atoms with Crippen LogP contribution in [0.15, 0.2) is 30.5 Å². The Morgan fingerprint density at radius 2 is 1.97 bits per heavy atom. The molecule has 0 unspecified atom stereocenters. The van der Waals surface area contributed by atoms with Gasteiger partial charge in [0.05, 0.1) is 23.1 Å². The molecule has 1 amide bonds. The molecular weight excluding hydrogens is 416 g/mol. The van der Waals surface area contributed by atoms with Gasteiger partial charge in [-0.05, 0) is 62.8 Å². The summed E-state index contributed by atoms with van der Waals surface area (Å²) in [5.74, 6) is -0.564. The van der Waals surface area contributed by atoms with Gasteiger partial charge < -0.3 is 15.3 Å². The molecule has 1 saturated heterocycles. The van der Waals surface area contributed by atoms with E-state index in [2.05, 4.69) is 20.5 Å². The van der Waals surface area contributed by atoms with E-state index in [0.717, 1.165) is 31.4 Å². The number of aromatic nitrogens is 3. The Labute approximate surface area is 183 Å². The highest BCUT2D eigenvalue weighted by molar-refractivity contribution is 5.99. The smallest absolute Gasteiger partial charge is 0.253 e. The lowest BCUT2D eigenvalue weighted by atomic mass is 9.93. The van der Waals surface area contributed by atoms with Crippen LogP contribution in [0.5, 0.6) is 0 Å². The van der Waals surface area contributed by atoms with Crippen LogP contribution in [0.25, 0.3) is 11.0 Å². The van der Waals surface area contributed by atoms with Gasteiger partial charge in [-0.1, -0.05) is 0 Å². The molecule has 2 aliphatic rings. The minimum Gasteiger partial charge on any atom is -0.393 e. The molecule has 1 saturated carbocycles. The summed E-state index contributed by atoms with van der Waals surface area (Å²) in [6, 6.07) is 4.94. The van der Waals surface area contributed by atoms with Gasteiger partial charge in [0.1, 0.15) is 11.6 Å². The topological polar surface area (TPSA) is 94.1 Å². The molecule has 5 rings (SSSR count). The summed E-state index contributed by atoms with van der Waals surface area (Å²) in [5.41, 5.74) is 1.25. The monoisotopic (exact) mass is 441 g/mol. The first-order valence-electron chi connectivity index (χ1n) is 11.0. The first kappa shape index (κ1) is 20.8. The summed E-state index contributed by atoms with van der Waals surface area (Å²) >= 11 is 0. The number of halogens is 2. The Kier molecular flexibility index (Phi) is 5.50. The van der Waals surface area contributed by atoms with Crippen molar-refractivity contribution < 1.29 is 18.7 Å². The minimum atomic E-state index is -0.476. The lowest BCUT2D eigenvalue weighted by Crippen LogP contribution is -2.38. The zero-order chi connectivity index (χ0) is 22.2. The predicted molar refractivity (Wildman–Crippen MR) is 115 cm³/mol. The van der Waals surface area contributed by atoms with Gasteiger partial charge in [0.25, 0.3) is 5.91 Å². The molecule has 1 aromatic carbocycles. The second kappa shape index (κ2) is 8.46. The van der Waals surface area contributed by atoms with Gasteiger partial charge in [-0.25, -0.2) is 13.8 Å². The van der Waals surface area contributed by atoms with E-state index in [1.165, 1.54) is 12.3 Å². The zero-order valence-corrected chi connectivity index (χ0v) is 17.5. The number of amides is 1. The predicted octanol–water partition coefficient (Wildman–Crippen LogP) is 3.61. The van der Waals surface area contributed by atoms with Crippen molar-refractivity contribution in [2.45, 2.75) is 56.7 Å². The molecule has 2 fully saturated rings. The van der Waals surface area contributed by atoms with Gasteiger partial charge in [-0.15, -0.1) is 0 Å². The number of pyridine rings is 1. The number of aromatic amines is 1. The quantitative estimate of drug-likeness (QED) is 0.575. The van der Waals surface area contributed by atoms with Crippen molar-refractivity contribution in [3.63, 3.8) is 0 Å². The maximum Gasteiger partial charge on any atom is 0.253 e. The zero-order valence-electron chi connectivity index (χ0n) is 17.5. The SMILES string of the molecule is O=C(N[C@H]1CC[C@@H](O)CC1)c1cnc2[nH]nc(N3CCC[C@@H]3c3cc(F)ccc3F)c2c1. The van der Waals surface area contributed by atoms with Crippen LogP contribution in [0.1, 0.15) is 60.5 Å². The van der Waals surface area contributed by atoms with Crippen LogP contribution in [-0.2, 0) is 0 Å². The van der Waals surface area contributed by atoms with Crippen molar-refractivity contribution in [3.05, 3.63) is 53.2 Å². The molecule has 3 heterocycles. The highest BCUT2D eigenvalue weighted by atomic mass is 19.1. The summed E-state index contributed by atoms with van der Waals surface area (Å²) in [7, 11) is 0. The van der Waals surface area contributed by atoms with Crippen molar-refractivity contribution in [2.24, 2.45) is 0 Å². The van der Waals surface area contributed by atoms with Crippen LogP contribution in [-0.4, -0.2) is 44.9 Å². The van der Waals surface area contributed by atoms with Gasteiger partial charge in [-0.3, -0.25) is 9.89 Å². The Bertz CT molecular complexity index is 1140. The number of rotatable bonds is 4. The Hall–Kier alpha value is -3.07. The fraction of sp³-hybridized carbons (Fsp3) is 0.435. The van der Waals surface area contributed by atoms with Crippen LogP contribution < -0.4 is 10.2 Å². The Morgan fingerprint density at radius 1 is 1.16 bits per heavy atom. The third-order valence-corrected chi connectivity index (χ3v) is 6.53. The van der Waals surface area contributed by atoms with Crippen molar-refractivity contribution in [3.8, 4) is 0 Å². The van der Waals surface area contributed by atoms with E-state index in [9.17, 15) is 18.7 Å². The summed E-state index contributed by atoms with van der Waals surface area (Å²) in [5, 5.41) is 20.6. The molecule has 1 atom stereocenters.